The van der Waals surface area contributed by atoms with Gasteiger partial charge in [0.25, 0.3) is 0 Å². The van der Waals surface area contributed by atoms with Gasteiger partial charge in [0.2, 0.25) is 5.91 Å². The number of rotatable bonds is 8. The minimum absolute atomic E-state index is 0. The molecule has 0 spiro atoms. The predicted molar refractivity (Wildman–Crippen MR) is 135 cm³/mol. The molecule has 168 valence electrons. The first kappa shape index (κ1) is 24.9. The number of nitrogens with one attached hydrogen (secondary N) is 2. The Morgan fingerprint density at radius 2 is 1.93 bits per heavy atom. The van der Waals surface area contributed by atoms with Gasteiger partial charge in [-0.05, 0) is 44.2 Å². The Kier molecular flexibility index (Phi) is 9.87. The summed E-state index contributed by atoms with van der Waals surface area (Å²) in [7, 11) is 5.53. The molecule has 1 saturated heterocycles. The second-order valence-corrected chi connectivity index (χ2v) is 8.63. The second-order valence-electron chi connectivity index (χ2n) is 8.63. The lowest BCUT2D eigenvalue weighted by Crippen LogP contribution is -2.49. The van der Waals surface area contributed by atoms with E-state index in [0.29, 0.717) is 0 Å². The highest BCUT2D eigenvalue weighted by molar-refractivity contribution is 14.0. The summed E-state index contributed by atoms with van der Waals surface area (Å²) >= 11 is 0. The largest absolute Gasteiger partial charge is 0.356 e. The third kappa shape index (κ3) is 6.09. The molecule has 1 aliphatic heterocycles. The normalized spacial score (nSPS) is 20.8. The Balaban J connectivity index is 0.00000320. The van der Waals surface area contributed by atoms with Crippen LogP contribution in [0.3, 0.4) is 0 Å². The van der Waals surface area contributed by atoms with Crippen molar-refractivity contribution in [2.24, 2.45) is 4.99 Å². The van der Waals surface area contributed by atoms with Gasteiger partial charge >= 0.3 is 0 Å². The molecular weight excluding hydrogens is 489 g/mol. The third-order valence-corrected chi connectivity index (χ3v) is 6.52. The first-order chi connectivity index (χ1) is 14.1. The molecule has 0 aromatic heterocycles. The molecule has 2 N–H and O–H groups in total. The lowest BCUT2D eigenvalue weighted by molar-refractivity contribution is -0.133. The second kappa shape index (κ2) is 11.9. The summed E-state index contributed by atoms with van der Waals surface area (Å²) in [6.45, 7) is 3.75. The van der Waals surface area contributed by atoms with Crippen molar-refractivity contribution in [1.29, 1.82) is 0 Å². The van der Waals surface area contributed by atoms with Crippen LogP contribution in [0.1, 0.15) is 44.1 Å². The van der Waals surface area contributed by atoms with Crippen LogP contribution in [-0.2, 0) is 10.2 Å². The molecule has 1 unspecified atom stereocenters. The van der Waals surface area contributed by atoms with E-state index >= 15 is 0 Å². The predicted octanol–water partition coefficient (Wildman–Crippen LogP) is 2.83. The molecule has 2 fully saturated rings. The summed E-state index contributed by atoms with van der Waals surface area (Å²) in [6.07, 6.45) is 6.86. The van der Waals surface area contributed by atoms with Crippen molar-refractivity contribution in [2.75, 3.05) is 47.3 Å². The molecule has 1 saturated carbocycles. The van der Waals surface area contributed by atoms with E-state index in [2.05, 4.69) is 50.9 Å². The van der Waals surface area contributed by atoms with Crippen molar-refractivity contribution in [3.8, 4) is 0 Å². The summed E-state index contributed by atoms with van der Waals surface area (Å²) < 4.78 is 0. The highest BCUT2D eigenvalue weighted by Gasteiger charge is 2.38. The summed E-state index contributed by atoms with van der Waals surface area (Å²) in [5, 5.41) is 6.99. The maximum absolute atomic E-state index is 12.3. The van der Waals surface area contributed by atoms with Gasteiger partial charge in [-0.25, -0.2) is 0 Å². The first-order valence-electron chi connectivity index (χ1n) is 11.0. The summed E-state index contributed by atoms with van der Waals surface area (Å²) in [5.41, 5.74) is 1.67. The van der Waals surface area contributed by atoms with E-state index in [4.69, 9.17) is 0 Å². The number of hydrogen-bond acceptors (Lipinski definition) is 3. The van der Waals surface area contributed by atoms with Gasteiger partial charge < -0.3 is 15.5 Å². The number of carbonyl (C=O) groups is 1. The minimum atomic E-state index is 0. The fraction of sp³-hybridized carbons (Fsp3) is 0.652. The van der Waals surface area contributed by atoms with Crippen LogP contribution in [-0.4, -0.2) is 75.0 Å². The molecule has 30 heavy (non-hydrogen) atoms. The number of hydrogen-bond donors (Lipinski definition) is 2. The van der Waals surface area contributed by atoms with E-state index in [0.717, 1.165) is 51.4 Å². The summed E-state index contributed by atoms with van der Waals surface area (Å²) in [6, 6.07) is 10.9. The molecular formula is C23H38IN5O. The number of nitrogens with zero attached hydrogens (tertiary/aromatic N) is 3. The average Bonchev–Trinajstić information content (AvgIpc) is 3.17. The zero-order valence-electron chi connectivity index (χ0n) is 18.7. The fourth-order valence-corrected chi connectivity index (χ4v) is 4.60. The van der Waals surface area contributed by atoms with Crippen LogP contribution in [0.25, 0.3) is 0 Å². The Morgan fingerprint density at radius 3 is 2.53 bits per heavy atom. The molecule has 0 bridgehead atoms. The van der Waals surface area contributed by atoms with Gasteiger partial charge in [-0.15, -0.1) is 24.0 Å². The summed E-state index contributed by atoms with van der Waals surface area (Å²) in [5.74, 6) is 1.11. The molecule has 0 radical (unpaired) electrons. The van der Waals surface area contributed by atoms with Crippen molar-refractivity contribution in [3.63, 3.8) is 0 Å². The molecule has 1 aromatic rings. The lowest BCUT2D eigenvalue weighted by Gasteiger charge is -2.43. The molecule has 1 aromatic carbocycles. The van der Waals surface area contributed by atoms with Crippen molar-refractivity contribution in [1.82, 2.24) is 20.4 Å². The number of aliphatic imine (C=N–C) groups is 1. The van der Waals surface area contributed by atoms with Crippen molar-refractivity contribution >= 4 is 35.8 Å². The van der Waals surface area contributed by atoms with Crippen molar-refractivity contribution < 1.29 is 4.79 Å². The Morgan fingerprint density at radius 1 is 1.20 bits per heavy atom. The average molecular weight is 527 g/mol. The first-order valence-corrected chi connectivity index (χ1v) is 11.0. The van der Waals surface area contributed by atoms with Gasteiger partial charge in [0.15, 0.2) is 5.96 Å². The number of likely N-dealkylation sites (N-methyl/N-ethyl adjacent to an activating group) is 1. The van der Waals surface area contributed by atoms with Gasteiger partial charge in [-0.3, -0.25) is 14.7 Å². The summed E-state index contributed by atoms with van der Waals surface area (Å²) in [4.78, 5) is 20.8. The van der Waals surface area contributed by atoms with Gasteiger partial charge in [0.05, 0.1) is 6.04 Å². The van der Waals surface area contributed by atoms with Gasteiger partial charge in [0, 0.05) is 46.2 Å². The van der Waals surface area contributed by atoms with Crippen LogP contribution in [0.5, 0.6) is 0 Å². The van der Waals surface area contributed by atoms with E-state index in [-0.39, 0.29) is 41.3 Å². The van der Waals surface area contributed by atoms with Crippen LogP contribution in [0, 0.1) is 0 Å². The van der Waals surface area contributed by atoms with Crippen LogP contribution in [0.4, 0.5) is 0 Å². The number of halogens is 1. The third-order valence-electron chi connectivity index (χ3n) is 6.52. The quantitative estimate of drug-likeness (QED) is 0.236. The molecule has 2 aliphatic rings. The monoisotopic (exact) mass is 527 g/mol. The lowest BCUT2D eigenvalue weighted by atomic mass is 9.64. The molecule has 3 rings (SSSR count). The maximum Gasteiger partial charge on any atom is 0.239 e. The number of benzene rings is 1. The number of likely N-dealkylation sites (tertiary alicyclic amines) is 1. The van der Waals surface area contributed by atoms with Gasteiger partial charge in [0.1, 0.15) is 0 Å². The Labute approximate surface area is 198 Å². The SMILES string of the molecule is CN=C(NCCCN1CCCC1C(=O)N(C)C)NCC1(c2ccccc2)CCC1.I. The molecule has 6 nitrogen and oxygen atoms in total. The van der Waals surface area contributed by atoms with Crippen LogP contribution in [0.15, 0.2) is 35.3 Å². The topological polar surface area (TPSA) is 60.0 Å². The van der Waals surface area contributed by atoms with E-state index in [1.54, 1.807) is 4.90 Å². The Hall–Kier alpha value is -1.35. The van der Waals surface area contributed by atoms with Crippen LogP contribution in [0.2, 0.25) is 0 Å². The fourth-order valence-electron chi connectivity index (χ4n) is 4.60. The van der Waals surface area contributed by atoms with Crippen LogP contribution >= 0.6 is 24.0 Å². The smallest absolute Gasteiger partial charge is 0.239 e. The van der Waals surface area contributed by atoms with Crippen molar-refractivity contribution in [2.45, 2.75) is 50.0 Å². The minimum Gasteiger partial charge on any atom is -0.356 e. The van der Waals surface area contributed by atoms with E-state index in [9.17, 15) is 4.79 Å². The van der Waals surface area contributed by atoms with Gasteiger partial charge in [-0.1, -0.05) is 36.8 Å². The molecule has 7 heteroatoms. The van der Waals surface area contributed by atoms with Gasteiger partial charge in [-0.2, -0.15) is 0 Å². The molecule has 1 aliphatic carbocycles. The van der Waals surface area contributed by atoms with Crippen molar-refractivity contribution in [3.05, 3.63) is 35.9 Å². The van der Waals surface area contributed by atoms with Crippen LogP contribution < -0.4 is 10.6 Å². The standard InChI is InChI=1S/C23H37N5O.HI/c1-24-22(26-18-23(13-8-14-23)19-10-5-4-6-11-19)25-15-9-17-28-16-7-12-20(28)21(29)27(2)3;/h4-6,10-11,20H,7-9,12-18H2,1-3H3,(H2,24,25,26);1H. The number of guanidine groups is 1. The highest BCUT2D eigenvalue weighted by atomic mass is 127. The maximum atomic E-state index is 12.3. The number of carbonyl (C=O) groups excluding carboxylic acids is 1. The molecule has 1 heterocycles. The van der Waals surface area contributed by atoms with E-state index in [1.165, 1.54) is 24.8 Å². The van der Waals surface area contributed by atoms with E-state index < -0.39 is 0 Å². The Bertz CT molecular complexity index is 690. The zero-order chi connectivity index (χ0) is 20.7. The zero-order valence-corrected chi connectivity index (χ0v) is 21.0. The molecule has 1 amide bonds. The highest BCUT2D eigenvalue weighted by Crippen LogP contribution is 2.43. The molecule has 1 atom stereocenters. The van der Waals surface area contributed by atoms with E-state index in [1.807, 2.05) is 21.1 Å². The number of amides is 1.